The van der Waals surface area contributed by atoms with Gasteiger partial charge in [-0.25, -0.2) is 15.0 Å². The summed E-state index contributed by atoms with van der Waals surface area (Å²) in [4.78, 5) is 45.5. The number of nitrogens with one attached hydrogen (secondary N) is 2. The summed E-state index contributed by atoms with van der Waals surface area (Å²) in [5.41, 5.74) is 19.3. The number of hydrogen-bond donors (Lipinski definition) is 3. The summed E-state index contributed by atoms with van der Waals surface area (Å²) in [6.07, 6.45) is 11.3. The van der Waals surface area contributed by atoms with Gasteiger partial charge >= 0.3 is 0 Å². The van der Waals surface area contributed by atoms with Gasteiger partial charge in [-0.3, -0.25) is 9.59 Å². The van der Waals surface area contributed by atoms with E-state index in [4.69, 9.17) is 15.7 Å². The monoisotopic (exact) mass is 682 g/mol. The number of nitrogens with zero attached hydrogens (tertiary/aromatic N) is 5. The highest BCUT2D eigenvalue weighted by Crippen LogP contribution is 2.37. The Hall–Kier alpha value is -5.77. The molecule has 0 radical (unpaired) electrons. The van der Waals surface area contributed by atoms with Crippen molar-refractivity contribution in [2.75, 3.05) is 6.54 Å². The molecule has 0 fully saturated rings. The maximum Gasteiger partial charge on any atom is 0.253 e. The highest BCUT2D eigenvalue weighted by atomic mass is 16.2. The molecular weight excluding hydrogens is 637 g/mol. The number of primary amides is 1. The van der Waals surface area contributed by atoms with E-state index in [9.17, 15) is 9.59 Å². The summed E-state index contributed by atoms with van der Waals surface area (Å²) in [5.74, 6) is -0.734. The van der Waals surface area contributed by atoms with E-state index in [1.165, 1.54) is 0 Å². The number of carbonyl (C=O) groups is 2. The second kappa shape index (κ2) is 14.2. The first-order valence-electron chi connectivity index (χ1n) is 17.5. The standard InChI is InChI=1S/C41H46N8O2/c1-9-16-49-35-21-34-36(41(51)44-14-13-17-48-18-15-43-22-48)26(8)31(46-34)20-32-27(10-2)23(5)30(45-32)19-33-28(11-3)24(6)38(47-33)37(40(42)50)39(49)25(7)29(35)12-4/h10-11,15,18-22,47H,2-3,9,12-14,16-17H2,1,4-8H3,(H2,42,50)(H,44,51). The number of hydrogen-bond acceptors (Lipinski definition) is 5. The molecule has 6 heterocycles. The zero-order chi connectivity index (χ0) is 36.6. The topological polar surface area (TPSA) is 137 Å². The Morgan fingerprint density at radius 2 is 1.69 bits per heavy atom. The maximum atomic E-state index is 14.1. The number of amides is 2. The molecule has 0 spiro atoms. The Morgan fingerprint density at radius 3 is 2.33 bits per heavy atom. The van der Waals surface area contributed by atoms with Crippen LogP contribution in [0.2, 0.25) is 0 Å². The highest BCUT2D eigenvalue weighted by Gasteiger charge is 2.27. The number of nitrogens with two attached hydrogens (primary N) is 1. The zero-order valence-electron chi connectivity index (χ0n) is 30.4. The zero-order valence-corrected chi connectivity index (χ0v) is 30.4. The Kier molecular flexibility index (Phi) is 9.78. The van der Waals surface area contributed by atoms with Gasteiger partial charge in [0.1, 0.15) is 0 Å². The van der Waals surface area contributed by atoms with Gasteiger partial charge in [0.15, 0.2) is 0 Å². The number of aryl methyl sites for hydroxylation is 5. The molecule has 4 aromatic heterocycles. The van der Waals surface area contributed by atoms with Crippen LogP contribution in [0.15, 0.2) is 56.2 Å². The van der Waals surface area contributed by atoms with E-state index in [0.29, 0.717) is 53.2 Å². The fourth-order valence-corrected chi connectivity index (χ4v) is 7.43. The van der Waals surface area contributed by atoms with E-state index in [1.54, 1.807) is 24.7 Å². The van der Waals surface area contributed by atoms with Gasteiger partial charge in [0, 0.05) is 54.2 Å². The van der Waals surface area contributed by atoms with Crippen LogP contribution in [0.1, 0.15) is 95.9 Å². The van der Waals surface area contributed by atoms with Crippen molar-refractivity contribution in [3.8, 4) is 0 Å². The van der Waals surface area contributed by atoms with Crippen LogP contribution < -0.4 is 11.1 Å². The number of allylic oxidation sites excluding steroid dienone is 4. The van der Waals surface area contributed by atoms with Gasteiger partial charge in [0.25, 0.3) is 11.8 Å². The minimum atomic E-state index is -0.538. The third-order valence-corrected chi connectivity index (χ3v) is 10.0. The molecule has 0 aliphatic carbocycles. The second-order valence-corrected chi connectivity index (χ2v) is 13.1. The lowest BCUT2D eigenvalue weighted by molar-refractivity contribution is -0.115. The quantitative estimate of drug-likeness (QED) is 0.140. The molecule has 10 nitrogen and oxygen atoms in total. The van der Waals surface area contributed by atoms with Gasteiger partial charge in [0.2, 0.25) is 0 Å². The lowest BCUT2D eigenvalue weighted by Crippen LogP contribution is -2.26. The van der Waals surface area contributed by atoms with Gasteiger partial charge < -0.3 is 25.2 Å². The van der Waals surface area contributed by atoms with Crippen molar-refractivity contribution in [1.82, 2.24) is 34.4 Å². The molecule has 6 rings (SSSR count). The van der Waals surface area contributed by atoms with Crippen molar-refractivity contribution in [3.05, 3.63) is 107 Å². The van der Waals surface area contributed by atoms with Gasteiger partial charge in [-0.05, 0) is 93.0 Å². The minimum Gasteiger partial charge on any atom is -0.365 e. The van der Waals surface area contributed by atoms with Gasteiger partial charge in [-0.1, -0.05) is 39.2 Å². The first kappa shape index (κ1) is 35.1. The summed E-state index contributed by atoms with van der Waals surface area (Å²) in [6.45, 7) is 22.2. The van der Waals surface area contributed by atoms with Gasteiger partial charge in [-0.2, -0.15) is 0 Å². The predicted octanol–water partition coefficient (Wildman–Crippen LogP) is 7.57. The Bertz CT molecular complexity index is 2330. The summed E-state index contributed by atoms with van der Waals surface area (Å²) in [5, 5.41) is 3.14. The van der Waals surface area contributed by atoms with Crippen LogP contribution in [0.25, 0.3) is 50.4 Å². The largest absolute Gasteiger partial charge is 0.365 e. The summed E-state index contributed by atoms with van der Waals surface area (Å²) in [6, 6.07) is 5.92. The molecule has 10 heteroatoms. The van der Waals surface area contributed by atoms with Crippen LogP contribution in [0, 0.1) is 13.8 Å². The molecule has 2 aliphatic heterocycles. The molecule has 0 aromatic carbocycles. The summed E-state index contributed by atoms with van der Waals surface area (Å²) in [7, 11) is 0. The number of imidazole rings is 1. The number of H-pyrrole nitrogens is 1. The fraction of sp³-hybridized carbons (Fsp3) is 0.293. The van der Waals surface area contributed by atoms with Crippen molar-refractivity contribution in [1.29, 1.82) is 0 Å². The van der Waals surface area contributed by atoms with E-state index in [1.807, 2.05) is 56.7 Å². The molecule has 262 valence electrons. The van der Waals surface area contributed by atoms with Crippen LogP contribution in [-0.2, 0) is 24.3 Å². The maximum absolute atomic E-state index is 14.1. The van der Waals surface area contributed by atoms with Gasteiger partial charge in [-0.15, -0.1) is 0 Å². The second-order valence-electron chi connectivity index (χ2n) is 13.1. The van der Waals surface area contributed by atoms with Crippen LogP contribution >= 0.6 is 0 Å². The summed E-state index contributed by atoms with van der Waals surface area (Å²) >= 11 is 0. The average Bonchev–Trinajstić information content (AvgIpc) is 3.90. The van der Waals surface area contributed by atoms with E-state index in [0.717, 1.165) is 80.6 Å². The van der Waals surface area contributed by atoms with Crippen LogP contribution in [0.4, 0.5) is 0 Å². The third-order valence-electron chi connectivity index (χ3n) is 10.0. The van der Waals surface area contributed by atoms with Crippen molar-refractivity contribution in [2.24, 2.45) is 5.73 Å². The molecule has 8 bridgehead atoms. The summed E-state index contributed by atoms with van der Waals surface area (Å²) < 4.78 is 4.16. The minimum absolute atomic E-state index is 0.196. The molecule has 4 N–H and O–H groups in total. The Morgan fingerprint density at radius 1 is 0.941 bits per heavy atom. The number of aromatic nitrogens is 6. The smallest absolute Gasteiger partial charge is 0.253 e. The van der Waals surface area contributed by atoms with Crippen LogP contribution in [-0.4, -0.2) is 47.4 Å². The predicted molar refractivity (Wildman–Crippen MR) is 207 cm³/mol. The Balaban J connectivity index is 1.72. The molecule has 2 amide bonds. The molecular formula is C41H46N8O2. The van der Waals surface area contributed by atoms with Crippen molar-refractivity contribution in [3.63, 3.8) is 0 Å². The normalized spacial score (nSPS) is 12.8. The molecule has 0 saturated carbocycles. The first-order valence-corrected chi connectivity index (χ1v) is 17.5. The van der Waals surface area contributed by atoms with Crippen molar-refractivity contribution >= 4 is 62.2 Å². The third kappa shape index (κ3) is 6.15. The van der Waals surface area contributed by atoms with E-state index in [2.05, 4.69) is 46.9 Å². The molecule has 0 saturated heterocycles. The lowest BCUT2D eigenvalue weighted by Gasteiger charge is -2.10. The van der Waals surface area contributed by atoms with Crippen LogP contribution in [0.5, 0.6) is 0 Å². The van der Waals surface area contributed by atoms with Crippen molar-refractivity contribution < 1.29 is 9.59 Å². The van der Waals surface area contributed by atoms with E-state index in [-0.39, 0.29) is 5.91 Å². The van der Waals surface area contributed by atoms with Crippen LogP contribution in [0.3, 0.4) is 0 Å². The molecule has 0 unspecified atom stereocenters. The molecule has 4 aromatic rings. The number of carbonyl (C=O) groups excluding carboxylic acids is 2. The van der Waals surface area contributed by atoms with E-state index >= 15 is 0 Å². The Labute approximate surface area is 298 Å². The average molecular weight is 683 g/mol. The lowest BCUT2D eigenvalue weighted by atomic mass is 10.0. The van der Waals surface area contributed by atoms with E-state index < -0.39 is 5.91 Å². The first-order chi connectivity index (χ1) is 24.5. The molecule has 51 heavy (non-hydrogen) atoms. The fourth-order valence-electron chi connectivity index (χ4n) is 7.43. The molecule has 0 atom stereocenters. The van der Waals surface area contributed by atoms with Crippen molar-refractivity contribution in [2.45, 2.75) is 73.9 Å². The van der Waals surface area contributed by atoms with Gasteiger partial charge in [0.05, 0.1) is 51.3 Å². The molecule has 2 aliphatic rings. The SMILES string of the molecule is C=CC1=C(C)c2cc3[nH]c(c(C)c3C=C)c(C(N)=O)c3c(C)c(CC)c(cc4nc(cc1n2)C(C)=C4C(=O)NCCCn1ccnc1)n3CCC. The number of rotatable bonds is 11. The highest BCUT2D eigenvalue weighted by molar-refractivity contribution is 6.27. The number of aromatic amines is 1. The number of fused-ring (bicyclic) bond motifs is 8.